The van der Waals surface area contributed by atoms with Gasteiger partial charge in [-0.15, -0.1) is 0 Å². The highest BCUT2D eigenvalue weighted by Gasteiger charge is 2.35. The summed E-state index contributed by atoms with van der Waals surface area (Å²) < 4.78 is 6.21. The molecule has 102 valence electrons. The van der Waals surface area contributed by atoms with E-state index < -0.39 is 0 Å². The van der Waals surface area contributed by atoms with Crippen molar-refractivity contribution in [3.8, 4) is 11.5 Å². The summed E-state index contributed by atoms with van der Waals surface area (Å²) in [5, 5.41) is 0. The summed E-state index contributed by atoms with van der Waals surface area (Å²) in [4.78, 5) is 2.44. The fraction of sp³-hybridized carbons (Fsp3) is 0.333. The van der Waals surface area contributed by atoms with E-state index in [1.165, 1.54) is 17.5 Å². The van der Waals surface area contributed by atoms with Gasteiger partial charge in [-0.25, -0.2) is 0 Å². The number of benzene rings is 2. The van der Waals surface area contributed by atoms with Crippen molar-refractivity contribution in [2.24, 2.45) is 0 Å². The number of para-hydroxylation sites is 2. The molecule has 0 amide bonds. The predicted molar refractivity (Wildman–Crippen MR) is 80.6 cm³/mol. The van der Waals surface area contributed by atoms with Crippen molar-refractivity contribution in [2.45, 2.75) is 18.3 Å². The van der Waals surface area contributed by atoms with Crippen molar-refractivity contribution in [3.05, 3.63) is 59.7 Å². The molecule has 2 nitrogen and oxygen atoms in total. The van der Waals surface area contributed by atoms with E-state index in [0.717, 1.165) is 24.6 Å². The van der Waals surface area contributed by atoms with Crippen LogP contribution in [0, 0.1) is 0 Å². The second-order valence-electron chi connectivity index (χ2n) is 5.94. The number of likely N-dealkylation sites (N-methyl/N-ethyl adjacent to an activating group) is 1. The highest BCUT2D eigenvalue weighted by Crippen LogP contribution is 2.49. The summed E-state index contributed by atoms with van der Waals surface area (Å²) in [7, 11) is 2.22. The van der Waals surface area contributed by atoms with Gasteiger partial charge in [0.2, 0.25) is 0 Å². The zero-order valence-electron chi connectivity index (χ0n) is 11.8. The smallest absolute Gasteiger partial charge is 0.130 e. The monoisotopic (exact) mass is 265 g/mol. The second kappa shape index (κ2) is 4.64. The highest BCUT2D eigenvalue weighted by molar-refractivity contribution is 5.49. The van der Waals surface area contributed by atoms with E-state index in [-0.39, 0.29) is 0 Å². The first kappa shape index (κ1) is 12.0. The van der Waals surface area contributed by atoms with E-state index in [4.69, 9.17) is 4.74 Å². The summed E-state index contributed by atoms with van der Waals surface area (Å²) in [5.41, 5.74) is 2.74. The molecule has 20 heavy (non-hydrogen) atoms. The maximum absolute atomic E-state index is 6.21. The molecule has 0 spiro atoms. The molecule has 0 N–H and O–H groups in total. The molecule has 2 aliphatic rings. The van der Waals surface area contributed by atoms with Crippen molar-refractivity contribution >= 4 is 0 Å². The van der Waals surface area contributed by atoms with Gasteiger partial charge in [-0.1, -0.05) is 36.4 Å². The van der Waals surface area contributed by atoms with Gasteiger partial charge in [0.25, 0.3) is 0 Å². The Morgan fingerprint density at radius 3 is 2.20 bits per heavy atom. The lowest BCUT2D eigenvalue weighted by molar-refractivity contribution is 0.228. The van der Waals surface area contributed by atoms with Gasteiger partial charge in [0.15, 0.2) is 0 Å². The lowest BCUT2D eigenvalue weighted by Crippen LogP contribution is -2.35. The molecule has 2 heterocycles. The normalized spacial score (nSPS) is 24.9. The topological polar surface area (TPSA) is 12.5 Å². The first-order valence-corrected chi connectivity index (χ1v) is 7.37. The standard InChI is InChI=1S/C18H19NO/c1-19-11-10-13-14-6-2-4-8-17(14)20-18-9-5-3-7-15(18)16(13)12-19/h2-9,13,16H,10-12H2,1H3. The Morgan fingerprint density at radius 2 is 1.50 bits per heavy atom. The minimum absolute atomic E-state index is 0.536. The van der Waals surface area contributed by atoms with Crippen molar-refractivity contribution < 1.29 is 4.74 Å². The van der Waals surface area contributed by atoms with Gasteiger partial charge >= 0.3 is 0 Å². The van der Waals surface area contributed by atoms with Crippen LogP contribution in [0.1, 0.15) is 29.4 Å². The third kappa shape index (κ3) is 1.83. The molecule has 1 fully saturated rings. The number of fused-ring (bicyclic) bond motifs is 5. The summed E-state index contributed by atoms with van der Waals surface area (Å²) in [6.45, 7) is 2.27. The first-order valence-electron chi connectivity index (χ1n) is 7.37. The molecule has 2 heteroatoms. The molecule has 4 rings (SSSR count). The average molecular weight is 265 g/mol. The van der Waals surface area contributed by atoms with Crippen LogP contribution < -0.4 is 4.74 Å². The van der Waals surface area contributed by atoms with Gasteiger partial charge in [-0.05, 0) is 49.2 Å². The number of nitrogens with zero attached hydrogens (tertiary/aromatic N) is 1. The zero-order valence-corrected chi connectivity index (χ0v) is 11.8. The molecule has 0 aliphatic carbocycles. The van der Waals surface area contributed by atoms with Crippen LogP contribution in [-0.2, 0) is 0 Å². The quantitative estimate of drug-likeness (QED) is 0.714. The minimum Gasteiger partial charge on any atom is -0.457 e. The van der Waals surface area contributed by atoms with E-state index in [0.29, 0.717) is 11.8 Å². The minimum atomic E-state index is 0.536. The van der Waals surface area contributed by atoms with Crippen LogP contribution in [0.3, 0.4) is 0 Å². The van der Waals surface area contributed by atoms with Crippen LogP contribution in [0.15, 0.2) is 48.5 Å². The van der Waals surface area contributed by atoms with E-state index in [9.17, 15) is 0 Å². The van der Waals surface area contributed by atoms with Gasteiger partial charge in [0, 0.05) is 12.5 Å². The van der Waals surface area contributed by atoms with Crippen LogP contribution >= 0.6 is 0 Å². The van der Waals surface area contributed by atoms with Gasteiger partial charge in [0.1, 0.15) is 11.5 Å². The Morgan fingerprint density at radius 1 is 0.900 bits per heavy atom. The summed E-state index contributed by atoms with van der Waals surface area (Å²) in [5.74, 6) is 3.18. The molecule has 0 bridgehead atoms. The van der Waals surface area contributed by atoms with E-state index >= 15 is 0 Å². The summed E-state index contributed by atoms with van der Waals surface area (Å²) >= 11 is 0. The molecular weight excluding hydrogens is 246 g/mol. The zero-order chi connectivity index (χ0) is 13.5. The van der Waals surface area contributed by atoms with Crippen LogP contribution in [-0.4, -0.2) is 25.0 Å². The van der Waals surface area contributed by atoms with E-state index in [1.54, 1.807) is 0 Å². The molecule has 2 atom stereocenters. The number of ether oxygens (including phenoxy) is 1. The number of piperidine rings is 1. The van der Waals surface area contributed by atoms with E-state index in [1.807, 2.05) is 0 Å². The number of hydrogen-bond donors (Lipinski definition) is 0. The Labute approximate surface area is 120 Å². The van der Waals surface area contributed by atoms with Gasteiger partial charge in [-0.2, -0.15) is 0 Å². The number of rotatable bonds is 0. The van der Waals surface area contributed by atoms with E-state index in [2.05, 4.69) is 60.5 Å². The Bertz CT molecular complexity index is 637. The lowest BCUT2D eigenvalue weighted by Gasteiger charge is -2.36. The SMILES string of the molecule is CN1CCC2c3ccccc3Oc3ccccc3C2C1. The molecule has 2 unspecified atom stereocenters. The van der Waals surface area contributed by atoms with Crippen molar-refractivity contribution in [1.82, 2.24) is 4.90 Å². The molecule has 0 aromatic heterocycles. The Hall–Kier alpha value is -1.80. The summed E-state index contributed by atoms with van der Waals surface area (Å²) in [6, 6.07) is 17.1. The second-order valence-corrected chi connectivity index (χ2v) is 5.94. The Kier molecular flexibility index (Phi) is 2.78. The number of likely N-dealkylation sites (tertiary alicyclic amines) is 1. The van der Waals surface area contributed by atoms with Crippen molar-refractivity contribution in [3.63, 3.8) is 0 Å². The first-order chi connectivity index (χ1) is 9.83. The molecule has 2 aromatic carbocycles. The third-order valence-corrected chi connectivity index (χ3v) is 4.67. The fourth-order valence-corrected chi connectivity index (χ4v) is 3.68. The molecule has 0 saturated carbocycles. The fourth-order valence-electron chi connectivity index (χ4n) is 3.68. The van der Waals surface area contributed by atoms with Crippen LogP contribution in [0.25, 0.3) is 0 Å². The molecular formula is C18H19NO. The summed E-state index contributed by atoms with van der Waals surface area (Å²) in [6.07, 6.45) is 1.20. The van der Waals surface area contributed by atoms with Crippen LogP contribution in [0.2, 0.25) is 0 Å². The largest absolute Gasteiger partial charge is 0.457 e. The van der Waals surface area contributed by atoms with Gasteiger partial charge in [0.05, 0.1) is 0 Å². The molecule has 2 aliphatic heterocycles. The van der Waals surface area contributed by atoms with Crippen molar-refractivity contribution in [2.75, 3.05) is 20.1 Å². The predicted octanol–water partition coefficient (Wildman–Crippen LogP) is 4.00. The van der Waals surface area contributed by atoms with Crippen LogP contribution in [0.4, 0.5) is 0 Å². The Balaban J connectivity index is 1.90. The van der Waals surface area contributed by atoms with Gasteiger partial charge in [-0.3, -0.25) is 0 Å². The molecule has 0 radical (unpaired) electrons. The molecule has 1 saturated heterocycles. The maximum Gasteiger partial charge on any atom is 0.130 e. The third-order valence-electron chi connectivity index (χ3n) is 4.67. The average Bonchev–Trinajstić information content (AvgIpc) is 2.61. The maximum atomic E-state index is 6.21. The number of hydrogen-bond acceptors (Lipinski definition) is 2. The highest BCUT2D eigenvalue weighted by atomic mass is 16.5. The lowest BCUT2D eigenvalue weighted by atomic mass is 9.77. The van der Waals surface area contributed by atoms with Gasteiger partial charge < -0.3 is 9.64 Å². The molecule has 2 aromatic rings. The van der Waals surface area contributed by atoms with Crippen molar-refractivity contribution in [1.29, 1.82) is 0 Å². The van der Waals surface area contributed by atoms with Crippen LogP contribution in [0.5, 0.6) is 11.5 Å².